The lowest BCUT2D eigenvalue weighted by Gasteiger charge is -2.00. The van der Waals surface area contributed by atoms with Gasteiger partial charge in [0.15, 0.2) is 0 Å². The zero-order chi connectivity index (χ0) is 7.23. The van der Waals surface area contributed by atoms with Crippen LogP contribution in [0.3, 0.4) is 0 Å². The number of aldehydes is 1. The van der Waals surface area contributed by atoms with Crippen molar-refractivity contribution >= 4 is 6.29 Å². The number of carbonyl (C=O) groups is 1. The van der Waals surface area contributed by atoms with Crippen molar-refractivity contribution in [3.63, 3.8) is 0 Å². The van der Waals surface area contributed by atoms with Crippen molar-refractivity contribution in [3.05, 3.63) is 24.3 Å². The maximum Gasteiger partial charge on any atom is 0.119 e. The highest BCUT2D eigenvalue weighted by molar-refractivity contribution is 5.49. The van der Waals surface area contributed by atoms with E-state index in [1.54, 1.807) is 0 Å². The molecular formula is C9H12O. The molecule has 1 aliphatic rings. The minimum Gasteiger partial charge on any atom is -0.303 e. The van der Waals surface area contributed by atoms with Crippen LogP contribution in [0.4, 0.5) is 0 Å². The Morgan fingerprint density at radius 2 is 2.00 bits per heavy atom. The quantitative estimate of drug-likeness (QED) is 0.427. The van der Waals surface area contributed by atoms with Crippen LogP contribution in [0.1, 0.15) is 19.3 Å². The third-order valence-corrected chi connectivity index (χ3v) is 1.69. The van der Waals surface area contributed by atoms with Gasteiger partial charge in [0.25, 0.3) is 0 Å². The number of hydrogen-bond donors (Lipinski definition) is 0. The second-order valence-corrected chi connectivity index (χ2v) is 2.53. The van der Waals surface area contributed by atoms with Crippen LogP contribution in [0.5, 0.6) is 0 Å². The van der Waals surface area contributed by atoms with Crippen LogP contribution in [0.15, 0.2) is 24.3 Å². The minimum absolute atomic E-state index is 0.597. The van der Waals surface area contributed by atoms with E-state index in [1.807, 2.05) is 0 Å². The molecule has 1 nitrogen and oxygen atoms in total. The zero-order valence-electron chi connectivity index (χ0n) is 5.99. The summed E-state index contributed by atoms with van der Waals surface area (Å²) in [5.74, 6) is 0.597. The lowest BCUT2D eigenvalue weighted by molar-refractivity contribution is -0.107. The Balaban J connectivity index is 2.08. The molecule has 0 aromatic heterocycles. The maximum atomic E-state index is 9.94. The van der Waals surface area contributed by atoms with Crippen molar-refractivity contribution in [2.75, 3.05) is 0 Å². The van der Waals surface area contributed by atoms with Crippen molar-refractivity contribution in [3.8, 4) is 0 Å². The SMILES string of the molecule is O=CCCCC1C=CC=C1. The number of allylic oxidation sites excluding steroid dienone is 4. The fourth-order valence-electron chi connectivity index (χ4n) is 1.11. The summed E-state index contributed by atoms with van der Waals surface area (Å²) in [6.07, 6.45) is 12.3. The first-order valence-electron chi connectivity index (χ1n) is 3.72. The van der Waals surface area contributed by atoms with Crippen molar-refractivity contribution in [2.24, 2.45) is 5.92 Å². The van der Waals surface area contributed by atoms with Gasteiger partial charge in [0, 0.05) is 6.42 Å². The van der Waals surface area contributed by atoms with Crippen LogP contribution in [0.25, 0.3) is 0 Å². The van der Waals surface area contributed by atoms with Crippen molar-refractivity contribution in [2.45, 2.75) is 19.3 Å². The number of carbonyl (C=O) groups excluding carboxylic acids is 1. The first kappa shape index (κ1) is 7.26. The molecule has 1 heteroatoms. The molecule has 0 radical (unpaired) electrons. The topological polar surface area (TPSA) is 17.1 Å². The molecule has 0 fully saturated rings. The van der Waals surface area contributed by atoms with Gasteiger partial charge < -0.3 is 4.79 Å². The second-order valence-electron chi connectivity index (χ2n) is 2.53. The van der Waals surface area contributed by atoms with Gasteiger partial charge in [-0.25, -0.2) is 0 Å². The van der Waals surface area contributed by atoms with E-state index in [-0.39, 0.29) is 0 Å². The second kappa shape index (κ2) is 4.04. The van der Waals surface area contributed by atoms with Gasteiger partial charge in [0.1, 0.15) is 6.29 Å². The Kier molecular flexibility index (Phi) is 2.94. The summed E-state index contributed by atoms with van der Waals surface area (Å²) in [7, 11) is 0. The van der Waals surface area contributed by atoms with Gasteiger partial charge in [-0.1, -0.05) is 24.3 Å². The highest BCUT2D eigenvalue weighted by Crippen LogP contribution is 2.15. The van der Waals surface area contributed by atoms with Gasteiger partial charge in [0.05, 0.1) is 0 Å². The van der Waals surface area contributed by atoms with Gasteiger partial charge in [0.2, 0.25) is 0 Å². The number of unbranched alkanes of at least 4 members (excludes halogenated alkanes) is 1. The predicted octanol–water partition coefficient (Wildman–Crippen LogP) is 2.10. The molecule has 0 aromatic carbocycles. The standard InChI is InChI=1S/C9H12O/c10-8-4-3-7-9-5-1-2-6-9/h1-2,5-6,8-9H,3-4,7H2. The molecule has 0 amide bonds. The predicted molar refractivity (Wildman–Crippen MR) is 41.7 cm³/mol. The summed E-state index contributed by atoms with van der Waals surface area (Å²) < 4.78 is 0. The fraction of sp³-hybridized carbons (Fsp3) is 0.444. The first-order chi connectivity index (χ1) is 4.93. The fourth-order valence-corrected chi connectivity index (χ4v) is 1.11. The van der Waals surface area contributed by atoms with Gasteiger partial charge in [-0.3, -0.25) is 0 Å². The summed E-state index contributed by atoms with van der Waals surface area (Å²) >= 11 is 0. The van der Waals surface area contributed by atoms with Crippen LogP contribution in [-0.2, 0) is 4.79 Å². The molecule has 0 unspecified atom stereocenters. The van der Waals surface area contributed by atoms with Gasteiger partial charge in [-0.2, -0.15) is 0 Å². The maximum absolute atomic E-state index is 9.94. The molecule has 0 N–H and O–H groups in total. The van der Waals surface area contributed by atoms with Crippen molar-refractivity contribution in [1.82, 2.24) is 0 Å². The number of hydrogen-bond acceptors (Lipinski definition) is 1. The highest BCUT2D eigenvalue weighted by atomic mass is 16.1. The van der Waals surface area contributed by atoms with E-state index < -0.39 is 0 Å². The summed E-state index contributed by atoms with van der Waals surface area (Å²) in [5.41, 5.74) is 0. The van der Waals surface area contributed by atoms with Crippen LogP contribution in [-0.4, -0.2) is 6.29 Å². The molecule has 0 aromatic rings. The van der Waals surface area contributed by atoms with Crippen LogP contribution in [0.2, 0.25) is 0 Å². The Labute approximate surface area is 61.4 Å². The third kappa shape index (κ3) is 2.18. The van der Waals surface area contributed by atoms with E-state index in [0.29, 0.717) is 12.3 Å². The lowest BCUT2D eigenvalue weighted by atomic mass is 10.0. The molecular weight excluding hydrogens is 124 g/mol. The Morgan fingerprint density at radius 1 is 1.30 bits per heavy atom. The smallest absolute Gasteiger partial charge is 0.119 e. The average molecular weight is 136 g/mol. The molecule has 0 atom stereocenters. The van der Waals surface area contributed by atoms with Crippen molar-refractivity contribution in [1.29, 1.82) is 0 Å². The Morgan fingerprint density at radius 3 is 2.60 bits per heavy atom. The van der Waals surface area contributed by atoms with Gasteiger partial charge in [-0.15, -0.1) is 0 Å². The van der Waals surface area contributed by atoms with Crippen molar-refractivity contribution < 1.29 is 4.79 Å². The van der Waals surface area contributed by atoms with E-state index in [2.05, 4.69) is 24.3 Å². The molecule has 54 valence electrons. The largest absolute Gasteiger partial charge is 0.303 e. The molecule has 0 saturated heterocycles. The average Bonchev–Trinajstić information content (AvgIpc) is 2.41. The Hall–Kier alpha value is -0.850. The van der Waals surface area contributed by atoms with E-state index in [0.717, 1.165) is 19.1 Å². The highest BCUT2D eigenvalue weighted by Gasteiger charge is 2.01. The molecule has 0 heterocycles. The van der Waals surface area contributed by atoms with Crippen LogP contribution < -0.4 is 0 Å². The summed E-state index contributed by atoms with van der Waals surface area (Å²) in [4.78, 5) is 9.94. The molecule has 0 bridgehead atoms. The van der Waals surface area contributed by atoms with E-state index in [4.69, 9.17) is 0 Å². The van der Waals surface area contributed by atoms with Crippen LogP contribution in [0, 0.1) is 5.92 Å². The molecule has 1 rings (SSSR count). The summed E-state index contributed by atoms with van der Waals surface area (Å²) in [5, 5.41) is 0. The number of rotatable bonds is 4. The van der Waals surface area contributed by atoms with E-state index in [9.17, 15) is 4.79 Å². The normalized spacial score (nSPS) is 16.4. The van der Waals surface area contributed by atoms with Gasteiger partial charge in [-0.05, 0) is 18.8 Å². The van der Waals surface area contributed by atoms with Crippen LogP contribution >= 0.6 is 0 Å². The molecule has 1 aliphatic carbocycles. The molecule has 0 aliphatic heterocycles. The van der Waals surface area contributed by atoms with E-state index >= 15 is 0 Å². The molecule has 0 saturated carbocycles. The Bertz CT molecular complexity index is 144. The van der Waals surface area contributed by atoms with E-state index in [1.165, 1.54) is 0 Å². The molecule has 0 spiro atoms. The third-order valence-electron chi connectivity index (χ3n) is 1.69. The van der Waals surface area contributed by atoms with Gasteiger partial charge >= 0.3 is 0 Å². The minimum atomic E-state index is 0.597. The molecule has 10 heavy (non-hydrogen) atoms. The monoisotopic (exact) mass is 136 g/mol. The lowest BCUT2D eigenvalue weighted by Crippen LogP contribution is -1.88. The first-order valence-corrected chi connectivity index (χ1v) is 3.72. The summed E-state index contributed by atoms with van der Waals surface area (Å²) in [6, 6.07) is 0. The zero-order valence-corrected chi connectivity index (χ0v) is 5.99. The summed E-state index contributed by atoms with van der Waals surface area (Å²) in [6.45, 7) is 0.